The fraction of sp³-hybridized carbons (Fsp3) is 0.632. The van der Waals surface area contributed by atoms with Crippen LogP contribution < -0.4 is 0 Å². The van der Waals surface area contributed by atoms with Gasteiger partial charge in [0.05, 0.1) is 19.3 Å². The Morgan fingerprint density at radius 2 is 2.04 bits per heavy atom. The molecule has 2 saturated heterocycles. The molecule has 0 N–H and O–H groups in total. The highest BCUT2D eigenvalue weighted by Gasteiger charge is 2.31. The van der Waals surface area contributed by atoms with Gasteiger partial charge in [0.2, 0.25) is 0 Å². The average Bonchev–Trinajstić information content (AvgIpc) is 2.64. The van der Waals surface area contributed by atoms with Crippen LogP contribution in [0, 0.1) is 0 Å². The highest BCUT2D eigenvalue weighted by molar-refractivity contribution is 6.31. The quantitative estimate of drug-likeness (QED) is 0.820. The van der Waals surface area contributed by atoms with Gasteiger partial charge in [-0.25, -0.2) is 4.79 Å². The van der Waals surface area contributed by atoms with E-state index in [-0.39, 0.29) is 12.2 Å². The van der Waals surface area contributed by atoms with E-state index in [1.165, 1.54) is 0 Å². The second-order valence-corrected chi connectivity index (χ2v) is 7.11. The van der Waals surface area contributed by atoms with Crippen molar-refractivity contribution in [3.05, 3.63) is 34.9 Å². The molecule has 1 aromatic rings. The van der Waals surface area contributed by atoms with Gasteiger partial charge in [-0.1, -0.05) is 29.8 Å². The standard InChI is InChI=1S/C19H27ClN2O3/c1-2-24-19(23)21-9-7-16(8-10-21)22-11-12-25-17(14-22)13-15-5-3-4-6-18(15)20/h3-6,16-17H,2,7-14H2,1H3/t17-/m1/s1. The highest BCUT2D eigenvalue weighted by atomic mass is 35.5. The molecule has 25 heavy (non-hydrogen) atoms. The number of nitrogens with zero attached hydrogens (tertiary/aromatic N) is 2. The first-order valence-corrected chi connectivity index (χ1v) is 9.56. The van der Waals surface area contributed by atoms with Crippen LogP contribution in [0.5, 0.6) is 0 Å². The summed E-state index contributed by atoms with van der Waals surface area (Å²) in [6, 6.07) is 8.50. The third kappa shape index (κ3) is 4.87. The van der Waals surface area contributed by atoms with Gasteiger partial charge in [-0.05, 0) is 31.4 Å². The Labute approximate surface area is 154 Å². The van der Waals surface area contributed by atoms with E-state index >= 15 is 0 Å². The van der Waals surface area contributed by atoms with Crippen molar-refractivity contribution in [2.75, 3.05) is 39.4 Å². The Morgan fingerprint density at radius 1 is 1.28 bits per heavy atom. The summed E-state index contributed by atoms with van der Waals surface area (Å²) in [6.45, 7) is 6.47. The molecule has 6 heteroatoms. The fourth-order valence-electron chi connectivity index (χ4n) is 3.73. The summed E-state index contributed by atoms with van der Waals surface area (Å²) in [7, 11) is 0. The van der Waals surface area contributed by atoms with Gasteiger partial charge in [-0.15, -0.1) is 0 Å². The molecule has 0 unspecified atom stereocenters. The molecule has 138 valence electrons. The predicted molar refractivity (Wildman–Crippen MR) is 98.1 cm³/mol. The van der Waals surface area contributed by atoms with Crippen LogP contribution in [0.4, 0.5) is 4.79 Å². The Bertz CT molecular complexity index is 576. The van der Waals surface area contributed by atoms with Crippen molar-refractivity contribution in [3.63, 3.8) is 0 Å². The second-order valence-electron chi connectivity index (χ2n) is 6.70. The maximum absolute atomic E-state index is 11.8. The minimum absolute atomic E-state index is 0.178. The monoisotopic (exact) mass is 366 g/mol. The number of halogens is 1. The van der Waals surface area contributed by atoms with Crippen molar-refractivity contribution in [2.45, 2.75) is 38.3 Å². The smallest absolute Gasteiger partial charge is 0.409 e. The molecule has 2 aliphatic rings. The van der Waals surface area contributed by atoms with Gasteiger partial charge in [0, 0.05) is 43.7 Å². The van der Waals surface area contributed by atoms with E-state index < -0.39 is 0 Å². The largest absolute Gasteiger partial charge is 0.450 e. The molecule has 5 nitrogen and oxygen atoms in total. The molecule has 0 aromatic heterocycles. The third-order valence-corrected chi connectivity index (χ3v) is 5.45. The van der Waals surface area contributed by atoms with Crippen molar-refractivity contribution < 1.29 is 14.3 Å². The van der Waals surface area contributed by atoms with Gasteiger partial charge in [0.1, 0.15) is 0 Å². The number of hydrogen-bond donors (Lipinski definition) is 0. The number of carbonyl (C=O) groups excluding carboxylic acids is 1. The summed E-state index contributed by atoms with van der Waals surface area (Å²) in [5.74, 6) is 0. The molecule has 0 bridgehead atoms. The molecule has 1 aromatic carbocycles. The lowest BCUT2D eigenvalue weighted by atomic mass is 10.0. The second kappa shape index (κ2) is 8.88. The maximum atomic E-state index is 11.8. The number of piperidine rings is 1. The van der Waals surface area contributed by atoms with Gasteiger partial charge in [0.15, 0.2) is 0 Å². The summed E-state index contributed by atoms with van der Waals surface area (Å²) < 4.78 is 11.1. The van der Waals surface area contributed by atoms with E-state index in [4.69, 9.17) is 21.1 Å². The number of ether oxygens (including phenoxy) is 2. The van der Waals surface area contributed by atoms with E-state index in [1.54, 1.807) is 0 Å². The van der Waals surface area contributed by atoms with Gasteiger partial charge >= 0.3 is 6.09 Å². The Kier molecular flexibility index (Phi) is 6.57. The number of hydrogen-bond acceptors (Lipinski definition) is 4. The summed E-state index contributed by atoms with van der Waals surface area (Å²) in [6.07, 6.45) is 2.84. The normalized spacial score (nSPS) is 22.8. The SMILES string of the molecule is CCOC(=O)N1CCC(N2CCO[C@H](Cc3ccccc3Cl)C2)CC1. The third-order valence-electron chi connectivity index (χ3n) is 5.08. The molecule has 0 aliphatic carbocycles. The van der Waals surface area contributed by atoms with Crippen molar-refractivity contribution in [1.29, 1.82) is 0 Å². The van der Waals surface area contributed by atoms with Crippen LogP contribution in [-0.4, -0.2) is 67.4 Å². The molecule has 1 amide bonds. The molecule has 0 radical (unpaired) electrons. The molecule has 3 rings (SSSR count). The van der Waals surface area contributed by atoms with Crippen LogP contribution in [0.25, 0.3) is 0 Å². The van der Waals surface area contributed by atoms with Crippen molar-refractivity contribution >= 4 is 17.7 Å². The van der Waals surface area contributed by atoms with E-state index in [1.807, 2.05) is 30.0 Å². The Morgan fingerprint density at radius 3 is 2.76 bits per heavy atom. The first-order valence-electron chi connectivity index (χ1n) is 9.18. The van der Waals surface area contributed by atoms with Crippen LogP contribution in [0.1, 0.15) is 25.3 Å². The average molecular weight is 367 g/mol. The number of amides is 1. The van der Waals surface area contributed by atoms with Crippen molar-refractivity contribution in [2.24, 2.45) is 0 Å². The lowest BCUT2D eigenvalue weighted by molar-refractivity contribution is -0.0507. The van der Waals surface area contributed by atoms with E-state index in [0.717, 1.165) is 62.6 Å². The van der Waals surface area contributed by atoms with E-state index in [2.05, 4.69) is 11.0 Å². The van der Waals surface area contributed by atoms with Crippen molar-refractivity contribution in [3.8, 4) is 0 Å². The van der Waals surface area contributed by atoms with Crippen LogP contribution in [0.2, 0.25) is 5.02 Å². The minimum atomic E-state index is -0.181. The molecule has 1 atom stereocenters. The lowest BCUT2D eigenvalue weighted by Gasteiger charge is -2.42. The zero-order chi connectivity index (χ0) is 17.6. The molecule has 2 heterocycles. The van der Waals surface area contributed by atoms with Crippen molar-refractivity contribution in [1.82, 2.24) is 9.80 Å². The summed E-state index contributed by atoms with van der Waals surface area (Å²) in [5.41, 5.74) is 1.15. The number of morpholine rings is 1. The summed E-state index contributed by atoms with van der Waals surface area (Å²) in [5, 5.41) is 0.811. The van der Waals surface area contributed by atoms with Crippen LogP contribution in [0.3, 0.4) is 0 Å². The first-order chi connectivity index (χ1) is 12.2. The number of carbonyl (C=O) groups is 1. The number of likely N-dealkylation sites (tertiary alicyclic amines) is 1. The Hall–Kier alpha value is -1.30. The summed E-state index contributed by atoms with van der Waals surface area (Å²) in [4.78, 5) is 16.2. The minimum Gasteiger partial charge on any atom is -0.450 e. The van der Waals surface area contributed by atoms with Gasteiger partial charge in [-0.2, -0.15) is 0 Å². The molecular weight excluding hydrogens is 340 g/mol. The molecule has 0 saturated carbocycles. The van der Waals surface area contributed by atoms with E-state index in [0.29, 0.717) is 12.6 Å². The first kappa shape index (κ1) is 18.5. The van der Waals surface area contributed by atoms with Crippen LogP contribution in [0.15, 0.2) is 24.3 Å². The number of benzene rings is 1. The van der Waals surface area contributed by atoms with Crippen LogP contribution >= 0.6 is 11.6 Å². The van der Waals surface area contributed by atoms with E-state index in [9.17, 15) is 4.79 Å². The Balaban J connectivity index is 1.51. The maximum Gasteiger partial charge on any atom is 0.409 e. The van der Waals surface area contributed by atoms with Gasteiger partial charge < -0.3 is 14.4 Å². The molecule has 0 spiro atoms. The molecule has 2 fully saturated rings. The zero-order valence-corrected chi connectivity index (χ0v) is 15.6. The topological polar surface area (TPSA) is 42.0 Å². The van der Waals surface area contributed by atoms with Gasteiger partial charge in [0.25, 0.3) is 0 Å². The number of rotatable bonds is 4. The predicted octanol–water partition coefficient (Wildman–Crippen LogP) is 3.20. The highest BCUT2D eigenvalue weighted by Crippen LogP contribution is 2.23. The lowest BCUT2D eigenvalue weighted by Crippen LogP contribution is -2.52. The molecular formula is C19H27ClN2O3. The van der Waals surface area contributed by atoms with Crippen LogP contribution in [-0.2, 0) is 15.9 Å². The van der Waals surface area contributed by atoms with Gasteiger partial charge in [-0.3, -0.25) is 4.90 Å². The fourth-order valence-corrected chi connectivity index (χ4v) is 3.95. The zero-order valence-electron chi connectivity index (χ0n) is 14.8. The molecule has 2 aliphatic heterocycles. The summed E-state index contributed by atoms with van der Waals surface area (Å²) >= 11 is 6.28.